The van der Waals surface area contributed by atoms with Gasteiger partial charge in [0.1, 0.15) is 0 Å². The van der Waals surface area contributed by atoms with E-state index in [0.717, 1.165) is 5.69 Å². The van der Waals surface area contributed by atoms with Crippen LogP contribution in [0.1, 0.15) is 13.3 Å². The molecule has 0 bridgehead atoms. The zero-order chi connectivity index (χ0) is 12.7. The van der Waals surface area contributed by atoms with E-state index in [-0.39, 0.29) is 5.97 Å². The third kappa shape index (κ3) is 4.30. The van der Waals surface area contributed by atoms with Crippen molar-refractivity contribution in [2.75, 3.05) is 32.2 Å². The van der Waals surface area contributed by atoms with Gasteiger partial charge in [0, 0.05) is 31.5 Å². The normalized spacial score (nSPS) is 9.82. The Bertz CT molecular complexity index is 369. The standard InChI is InChI=1S/C12H18N2O3/c1-4-17-12(15)6-8-14(2)10-5-7-13-11(9-10)16-3/h5,7,9H,4,6,8H2,1-3H3. The summed E-state index contributed by atoms with van der Waals surface area (Å²) in [7, 11) is 3.48. The van der Waals surface area contributed by atoms with Gasteiger partial charge in [0.05, 0.1) is 20.1 Å². The summed E-state index contributed by atoms with van der Waals surface area (Å²) < 4.78 is 9.91. The van der Waals surface area contributed by atoms with Gasteiger partial charge < -0.3 is 14.4 Å². The topological polar surface area (TPSA) is 51.7 Å². The average Bonchev–Trinajstić information content (AvgIpc) is 2.36. The Kier molecular flexibility index (Phi) is 5.26. The number of pyridine rings is 1. The summed E-state index contributed by atoms with van der Waals surface area (Å²) in [6.45, 7) is 2.83. The highest BCUT2D eigenvalue weighted by Gasteiger charge is 2.06. The van der Waals surface area contributed by atoms with Gasteiger partial charge in [-0.3, -0.25) is 4.79 Å². The van der Waals surface area contributed by atoms with Crippen molar-refractivity contribution in [1.82, 2.24) is 4.98 Å². The van der Waals surface area contributed by atoms with Crippen LogP contribution in [0.25, 0.3) is 0 Å². The summed E-state index contributed by atoms with van der Waals surface area (Å²) >= 11 is 0. The molecule has 17 heavy (non-hydrogen) atoms. The molecule has 1 heterocycles. The molecular weight excluding hydrogens is 220 g/mol. The van der Waals surface area contributed by atoms with Crippen LogP contribution in [0.3, 0.4) is 0 Å². The van der Waals surface area contributed by atoms with Gasteiger partial charge in [0.2, 0.25) is 5.88 Å². The molecule has 1 aromatic rings. The van der Waals surface area contributed by atoms with Crippen LogP contribution in [-0.2, 0) is 9.53 Å². The number of esters is 1. The van der Waals surface area contributed by atoms with Crippen LogP contribution in [0.15, 0.2) is 18.3 Å². The van der Waals surface area contributed by atoms with Gasteiger partial charge in [-0.2, -0.15) is 0 Å². The lowest BCUT2D eigenvalue weighted by Gasteiger charge is -2.18. The van der Waals surface area contributed by atoms with Gasteiger partial charge in [-0.1, -0.05) is 0 Å². The molecule has 0 aliphatic rings. The van der Waals surface area contributed by atoms with Crippen molar-refractivity contribution < 1.29 is 14.3 Å². The van der Waals surface area contributed by atoms with Crippen LogP contribution in [0, 0.1) is 0 Å². The zero-order valence-corrected chi connectivity index (χ0v) is 10.5. The lowest BCUT2D eigenvalue weighted by Crippen LogP contribution is -2.22. The van der Waals surface area contributed by atoms with E-state index in [2.05, 4.69) is 4.98 Å². The lowest BCUT2D eigenvalue weighted by atomic mass is 10.3. The van der Waals surface area contributed by atoms with Crippen molar-refractivity contribution in [3.05, 3.63) is 18.3 Å². The number of carbonyl (C=O) groups is 1. The van der Waals surface area contributed by atoms with Crippen LogP contribution >= 0.6 is 0 Å². The third-order valence-electron chi connectivity index (χ3n) is 2.33. The Morgan fingerprint density at radius 3 is 2.94 bits per heavy atom. The Balaban J connectivity index is 2.51. The van der Waals surface area contributed by atoms with E-state index in [1.165, 1.54) is 0 Å². The van der Waals surface area contributed by atoms with E-state index >= 15 is 0 Å². The van der Waals surface area contributed by atoms with E-state index in [9.17, 15) is 4.79 Å². The first-order chi connectivity index (χ1) is 8.17. The van der Waals surface area contributed by atoms with Crippen LogP contribution < -0.4 is 9.64 Å². The van der Waals surface area contributed by atoms with Crippen molar-refractivity contribution in [2.24, 2.45) is 0 Å². The highest BCUT2D eigenvalue weighted by atomic mass is 16.5. The summed E-state index contributed by atoms with van der Waals surface area (Å²) in [5, 5.41) is 0. The van der Waals surface area contributed by atoms with Crippen LogP contribution in [0.2, 0.25) is 0 Å². The molecule has 94 valence electrons. The van der Waals surface area contributed by atoms with Crippen LogP contribution in [0.5, 0.6) is 5.88 Å². The van der Waals surface area contributed by atoms with Crippen molar-refractivity contribution in [2.45, 2.75) is 13.3 Å². The number of aromatic nitrogens is 1. The molecule has 0 aromatic carbocycles. The van der Waals surface area contributed by atoms with Gasteiger partial charge in [0.25, 0.3) is 0 Å². The monoisotopic (exact) mass is 238 g/mol. The molecule has 5 heteroatoms. The van der Waals surface area contributed by atoms with Gasteiger partial charge >= 0.3 is 5.97 Å². The van der Waals surface area contributed by atoms with E-state index in [1.807, 2.05) is 24.1 Å². The predicted octanol–water partition coefficient (Wildman–Crippen LogP) is 1.48. The Morgan fingerprint density at radius 2 is 2.29 bits per heavy atom. The summed E-state index contributed by atoms with van der Waals surface area (Å²) in [6.07, 6.45) is 2.05. The number of anilines is 1. The van der Waals surface area contributed by atoms with E-state index in [4.69, 9.17) is 9.47 Å². The minimum absolute atomic E-state index is 0.180. The van der Waals surface area contributed by atoms with Gasteiger partial charge in [-0.15, -0.1) is 0 Å². The fraction of sp³-hybridized carbons (Fsp3) is 0.500. The van der Waals surface area contributed by atoms with Gasteiger partial charge in [0.15, 0.2) is 0 Å². The second-order valence-electron chi connectivity index (χ2n) is 3.53. The van der Waals surface area contributed by atoms with Crippen LogP contribution in [0.4, 0.5) is 5.69 Å². The summed E-state index contributed by atoms with van der Waals surface area (Å²) in [5.41, 5.74) is 0.959. The highest BCUT2D eigenvalue weighted by molar-refractivity contribution is 5.70. The fourth-order valence-electron chi connectivity index (χ4n) is 1.37. The molecule has 0 radical (unpaired) electrons. The fourth-order valence-corrected chi connectivity index (χ4v) is 1.37. The van der Waals surface area contributed by atoms with Crippen molar-refractivity contribution in [3.63, 3.8) is 0 Å². The molecule has 0 spiro atoms. The van der Waals surface area contributed by atoms with Crippen LogP contribution in [-0.4, -0.2) is 38.3 Å². The Morgan fingerprint density at radius 1 is 1.53 bits per heavy atom. The number of methoxy groups -OCH3 is 1. The maximum Gasteiger partial charge on any atom is 0.307 e. The van der Waals surface area contributed by atoms with Gasteiger partial charge in [-0.25, -0.2) is 4.98 Å². The molecule has 0 saturated carbocycles. The maximum atomic E-state index is 11.2. The molecule has 1 rings (SSSR count). The summed E-state index contributed by atoms with van der Waals surface area (Å²) in [5.74, 6) is 0.380. The minimum Gasteiger partial charge on any atom is -0.481 e. The number of ether oxygens (including phenoxy) is 2. The second kappa shape index (κ2) is 6.73. The molecule has 5 nitrogen and oxygen atoms in total. The molecule has 0 aliphatic heterocycles. The van der Waals surface area contributed by atoms with E-state index in [0.29, 0.717) is 25.5 Å². The number of rotatable bonds is 6. The number of nitrogens with zero attached hydrogens (tertiary/aromatic N) is 2. The first kappa shape index (κ1) is 13.3. The third-order valence-corrected chi connectivity index (χ3v) is 2.33. The quantitative estimate of drug-likeness (QED) is 0.703. The number of hydrogen-bond donors (Lipinski definition) is 0. The minimum atomic E-state index is -0.180. The SMILES string of the molecule is CCOC(=O)CCN(C)c1ccnc(OC)c1. The molecule has 0 atom stereocenters. The predicted molar refractivity (Wildman–Crippen MR) is 65.3 cm³/mol. The first-order valence-corrected chi connectivity index (χ1v) is 5.54. The molecule has 0 amide bonds. The van der Waals surface area contributed by atoms with Crippen molar-refractivity contribution >= 4 is 11.7 Å². The largest absolute Gasteiger partial charge is 0.481 e. The highest BCUT2D eigenvalue weighted by Crippen LogP contribution is 2.17. The zero-order valence-electron chi connectivity index (χ0n) is 10.5. The second-order valence-corrected chi connectivity index (χ2v) is 3.53. The summed E-state index contributed by atoms with van der Waals surface area (Å²) in [6, 6.07) is 3.69. The maximum absolute atomic E-state index is 11.2. The smallest absolute Gasteiger partial charge is 0.307 e. The molecule has 1 aromatic heterocycles. The Hall–Kier alpha value is -1.78. The number of hydrogen-bond acceptors (Lipinski definition) is 5. The van der Waals surface area contributed by atoms with Crippen molar-refractivity contribution in [3.8, 4) is 5.88 Å². The van der Waals surface area contributed by atoms with Crippen molar-refractivity contribution in [1.29, 1.82) is 0 Å². The number of carbonyl (C=O) groups excluding carboxylic acids is 1. The van der Waals surface area contributed by atoms with E-state index in [1.54, 1.807) is 20.2 Å². The average molecular weight is 238 g/mol. The lowest BCUT2D eigenvalue weighted by molar-refractivity contribution is -0.142. The summed E-state index contributed by atoms with van der Waals surface area (Å²) in [4.78, 5) is 17.2. The molecule has 0 fully saturated rings. The molecule has 0 saturated heterocycles. The van der Waals surface area contributed by atoms with E-state index < -0.39 is 0 Å². The van der Waals surface area contributed by atoms with Gasteiger partial charge in [-0.05, 0) is 13.0 Å². The molecule has 0 unspecified atom stereocenters. The molecule has 0 aliphatic carbocycles. The Labute approximate surface area is 101 Å². The molecular formula is C12H18N2O3. The molecule has 0 N–H and O–H groups in total. The first-order valence-electron chi connectivity index (χ1n) is 5.54.